The van der Waals surface area contributed by atoms with E-state index in [1.807, 2.05) is 44.4 Å². The third kappa shape index (κ3) is 6.28. The van der Waals surface area contributed by atoms with Crippen LogP contribution in [-0.2, 0) is 4.74 Å². The van der Waals surface area contributed by atoms with Crippen molar-refractivity contribution in [3.63, 3.8) is 0 Å². The van der Waals surface area contributed by atoms with Crippen molar-refractivity contribution in [3.05, 3.63) is 35.9 Å². The zero-order valence-corrected chi connectivity index (χ0v) is 13.7. The standard InChI is InChI=1S/C13H17N5OS2/c1-18(2)12(20)16-14-9-11(15-17-13(21)19-3)10-7-5-4-6-8-10/h4-9H,1-3H3,(H,16,20)(H,17,21)/b14-9+,15-11-. The summed E-state index contributed by atoms with van der Waals surface area (Å²) >= 11 is 9.96. The predicted octanol–water partition coefficient (Wildman–Crippen LogP) is 1.33. The summed E-state index contributed by atoms with van der Waals surface area (Å²) < 4.78 is 4.84. The molecule has 0 amide bonds. The summed E-state index contributed by atoms with van der Waals surface area (Å²) in [4.78, 5) is 1.74. The van der Waals surface area contributed by atoms with Crippen molar-refractivity contribution in [2.24, 2.45) is 10.2 Å². The molecule has 0 aliphatic carbocycles. The van der Waals surface area contributed by atoms with Gasteiger partial charge in [-0.15, -0.1) is 0 Å². The van der Waals surface area contributed by atoms with Gasteiger partial charge in [0.05, 0.1) is 13.3 Å². The molecule has 0 saturated heterocycles. The Kier molecular flexibility index (Phi) is 7.27. The van der Waals surface area contributed by atoms with Crippen molar-refractivity contribution in [1.29, 1.82) is 0 Å². The van der Waals surface area contributed by atoms with Gasteiger partial charge < -0.3 is 9.64 Å². The van der Waals surface area contributed by atoms with Crippen LogP contribution < -0.4 is 10.9 Å². The van der Waals surface area contributed by atoms with Crippen LogP contribution in [0.1, 0.15) is 5.56 Å². The van der Waals surface area contributed by atoms with Gasteiger partial charge in [0.15, 0.2) is 5.11 Å². The van der Waals surface area contributed by atoms with E-state index in [4.69, 9.17) is 29.2 Å². The monoisotopic (exact) mass is 323 g/mol. The second-order valence-corrected chi connectivity index (χ2v) is 4.79. The van der Waals surface area contributed by atoms with E-state index in [-0.39, 0.29) is 5.17 Å². The molecule has 1 aromatic rings. The third-order valence-electron chi connectivity index (χ3n) is 2.28. The number of benzene rings is 1. The van der Waals surface area contributed by atoms with Crippen molar-refractivity contribution in [1.82, 2.24) is 15.8 Å². The molecule has 0 atom stereocenters. The van der Waals surface area contributed by atoms with Gasteiger partial charge in [0.1, 0.15) is 5.71 Å². The minimum Gasteiger partial charge on any atom is -0.473 e. The van der Waals surface area contributed by atoms with E-state index in [9.17, 15) is 0 Å². The summed E-state index contributed by atoms with van der Waals surface area (Å²) in [6, 6.07) is 9.56. The molecule has 0 radical (unpaired) electrons. The first-order chi connectivity index (χ1) is 10.0. The Labute approximate surface area is 134 Å². The molecular formula is C13H17N5OS2. The van der Waals surface area contributed by atoms with Crippen LogP contribution in [0.5, 0.6) is 0 Å². The fourth-order valence-corrected chi connectivity index (χ4v) is 1.28. The Bertz CT molecular complexity index is 543. The van der Waals surface area contributed by atoms with Crippen LogP contribution in [0.4, 0.5) is 0 Å². The number of thiocarbonyl (C=S) groups is 2. The van der Waals surface area contributed by atoms with Crippen molar-refractivity contribution >= 4 is 46.6 Å². The van der Waals surface area contributed by atoms with Gasteiger partial charge in [0, 0.05) is 19.7 Å². The average Bonchev–Trinajstić information content (AvgIpc) is 2.50. The predicted molar refractivity (Wildman–Crippen MR) is 93.6 cm³/mol. The van der Waals surface area contributed by atoms with Gasteiger partial charge in [0.2, 0.25) is 0 Å². The number of hydrazone groups is 2. The van der Waals surface area contributed by atoms with Crippen LogP contribution in [0.25, 0.3) is 0 Å². The van der Waals surface area contributed by atoms with Gasteiger partial charge in [-0.25, -0.2) is 5.43 Å². The SMILES string of the molecule is COC(=S)N/N=C(/C=N/NC(=S)N(C)C)c1ccccc1. The molecule has 6 nitrogen and oxygen atoms in total. The summed E-state index contributed by atoms with van der Waals surface area (Å²) in [5.74, 6) is 0. The summed E-state index contributed by atoms with van der Waals surface area (Å²) in [5.41, 5.74) is 6.83. The molecule has 1 rings (SSSR count). The smallest absolute Gasteiger partial charge is 0.277 e. The lowest BCUT2D eigenvalue weighted by Gasteiger charge is -2.11. The molecule has 1 aromatic carbocycles. The average molecular weight is 323 g/mol. The van der Waals surface area contributed by atoms with E-state index in [1.165, 1.54) is 7.11 Å². The third-order valence-corrected chi connectivity index (χ3v) is 2.99. The first-order valence-corrected chi connectivity index (χ1v) is 6.83. The second kappa shape index (κ2) is 8.98. The lowest BCUT2D eigenvalue weighted by molar-refractivity contribution is 0.394. The molecule has 112 valence electrons. The van der Waals surface area contributed by atoms with Gasteiger partial charge in [-0.3, -0.25) is 5.43 Å². The van der Waals surface area contributed by atoms with Gasteiger partial charge in [0.25, 0.3) is 5.17 Å². The maximum atomic E-state index is 5.08. The largest absolute Gasteiger partial charge is 0.473 e. The lowest BCUT2D eigenvalue weighted by Crippen LogP contribution is -2.31. The molecule has 0 heterocycles. The minimum absolute atomic E-state index is 0.175. The first kappa shape index (κ1) is 17.0. The molecule has 0 fully saturated rings. The van der Waals surface area contributed by atoms with E-state index in [2.05, 4.69) is 21.1 Å². The Morgan fingerprint density at radius 1 is 1.19 bits per heavy atom. The summed E-state index contributed by atoms with van der Waals surface area (Å²) in [6.45, 7) is 0. The highest BCUT2D eigenvalue weighted by atomic mass is 32.1. The topological polar surface area (TPSA) is 61.2 Å². The molecular weight excluding hydrogens is 306 g/mol. The number of nitrogens with one attached hydrogen (secondary N) is 2. The van der Waals surface area contributed by atoms with Crippen LogP contribution in [-0.4, -0.2) is 48.3 Å². The zero-order valence-electron chi connectivity index (χ0n) is 12.0. The number of methoxy groups -OCH3 is 1. The highest BCUT2D eigenvalue weighted by molar-refractivity contribution is 7.80. The molecule has 0 aliphatic rings. The normalized spacial score (nSPS) is 11.1. The lowest BCUT2D eigenvalue weighted by atomic mass is 10.1. The quantitative estimate of drug-likeness (QED) is 0.495. The number of hydrogen-bond acceptors (Lipinski definition) is 5. The van der Waals surface area contributed by atoms with Crippen LogP contribution in [0.15, 0.2) is 40.5 Å². The Morgan fingerprint density at radius 2 is 1.86 bits per heavy atom. The van der Waals surface area contributed by atoms with Crippen molar-refractivity contribution in [3.8, 4) is 0 Å². The van der Waals surface area contributed by atoms with Crippen LogP contribution in [0, 0.1) is 0 Å². The van der Waals surface area contributed by atoms with Crippen molar-refractivity contribution in [2.45, 2.75) is 0 Å². The van der Waals surface area contributed by atoms with Gasteiger partial charge >= 0.3 is 0 Å². The maximum absolute atomic E-state index is 5.08. The van der Waals surface area contributed by atoms with E-state index in [0.29, 0.717) is 10.8 Å². The van der Waals surface area contributed by atoms with E-state index in [0.717, 1.165) is 5.56 Å². The van der Waals surface area contributed by atoms with Crippen molar-refractivity contribution in [2.75, 3.05) is 21.2 Å². The van der Waals surface area contributed by atoms with Crippen molar-refractivity contribution < 1.29 is 4.74 Å². The van der Waals surface area contributed by atoms with E-state index in [1.54, 1.807) is 11.1 Å². The van der Waals surface area contributed by atoms with Crippen LogP contribution in [0.3, 0.4) is 0 Å². The molecule has 0 unspecified atom stereocenters. The summed E-state index contributed by atoms with van der Waals surface area (Å²) in [5, 5.41) is 8.89. The zero-order chi connectivity index (χ0) is 15.7. The highest BCUT2D eigenvalue weighted by Crippen LogP contribution is 1.99. The number of hydrogen-bond donors (Lipinski definition) is 2. The van der Waals surface area contributed by atoms with Gasteiger partial charge in [-0.2, -0.15) is 10.2 Å². The number of nitrogens with zero attached hydrogens (tertiary/aromatic N) is 3. The number of rotatable bonds is 4. The maximum Gasteiger partial charge on any atom is 0.277 e. The molecule has 0 aromatic heterocycles. The fraction of sp³-hybridized carbons (Fsp3) is 0.231. The Morgan fingerprint density at radius 3 is 2.43 bits per heavy atom. The van der Waals surface area contributed by atoms with Gasteiger partial charge in [-0.1, -0.05) is 30.3 Å². The molecule has 21 heavy (non-hydrogen) atoms. The second-order valence-electron chi connectivity index (χ2n) is 4.04. The molecule has 0 spiro atoms. The summed E-state index contributed by atoms with van der Waals surface area (Å²) in [6.07, 6.45) is 1.55. The molecule has 0 bridgehead atoms. The molecule has 8 heteroatoms. The molecule has 2 N–H and O–H groups in total. The Balaban J connectivity index is 2.85. The van der Waals surface area contributed by atoms with E-state index < -0.39 is 0 Å². The Hall–Kier alpha value is -2.06. The molecule has 0 saturated carbocycles. The summed E-state index contributed by atoms with van der Waals surface area (Å²) in [7, 11) is 5.13. The highest BCUT2D eigenvalue weighted by Gasteiger charge is 2.02. The van der Waals surface area contributed by atoms with Crippen LogP contribution >= 0.6 is 24.4 Å². The minimum atomic E-state index is 0.175. The fourth-order valence-electron chi connectivity index (χ4n) is 1.18. The first-order valence-electron chi connectivity index (χ1n) is 6.02. The van der Waals surface area contributed by atoms with Gasteiger partial charge in [-0.05, 0) is 24.4 Å². The van der Waals surface area contributed by atoms with E-state index >= 15 is 0 Å². The van der Waals surface area contributed by atoms with Crippen LogP contribution in [0.2, 0.25) is 0 Å². The molecule has 0 aliphatic heterocycles. The number of ether oxygens (including phenoxy) is 1.